The summed E-state index contributed by atoms with van der Waals surface area (Å²) in [5, 5.41) is 1.83. The number of furan rings is 1. The Labute approximate surface area is 92.4 Å². The van der Waals surface area contributed by atoms with E-state index in [2.05, 4.69) is 15.9 Å². The van der Waals surface area contributed by atoms with E-state index in [-0.39, 0.29) is 5.63 Å². The quantitative estimate of drug-likeness (QED) is 0.586. The molecule has 15 heavy (non-hydrogen) atoms. The number of rotatable bonds is 0. The highest BCUT2D eigenvalue weighted by Gasteiger charge is 2.08. The van der Waals surface area contributed by atoms with E-state index in [1.54, 1.807) is 18.4 Å². The van der Waals surface area contributed by atoms with Gasteiger partial charge in [-0.3, -0.25) is 0 Å². The Morgan fingerprint density at radius 1 is 1.07 bits per heavy atom. The maximum atomic E-state index is 11.1. The number of fused-ring (bicyclic) bond motifs is 2. The maximum absolute atomic E-state index is 11.1. The number of hydrogen-bond donors (Lipinski definition) is 0. The van der Waals surface area contributed by atoms with Crippen molar-refractivity contribution in [2.75, 3.05) is 0 Å². The molecular formula is C11H5BrO3. The zero-order valence-corrected chi connectivity index (χ0v) is 9.08. The van der Waals surface area contributed by atoms with Gasteiger partial charge < -0.3 is 8.83 Å². The molecule has 0 aliphatic rings. The Kier molecular flexibility index (Phi) is 1.73. The van der Waals surface area contributed by atoms with Gasteiger partial charge in [0.2, 0.25) is 0 Å². The van der Waals surface area contributed by atoms with Crippen LogP contribution in [-0.4, -0.2) is 0 Å². The van der Waals surface area contributed by atoms with Crippen LogP contribution in [0.5, 0.6) is 0 Å². The zero-order valence-electron chi connectivity index (χ0n) is 7.49. The number of benzene rings is 1. The van der Waals surface area contributed by atoms with Crippen molar-refractivity contribution in [2.45, 2.75) is 0 Å². The van der Waals surface area contributed by atoms with E-state index in [9.17, 15) is 4.79 Å². The monoisotopic (exact) mass is 264 g/mol. The van der Waals surface area contributed by atoms with Crippen LogP contribution in [0.15, 0.2) is 48.6 Å². The summed E-state index contributed by atoms with van der Waals surface area (Å²) in [6, 6.07) is 6.72. The van der Waals surface area contributed by atoms with E-state index < -0.39 is 0 Å². The van der Waals surface area contributed by atoms with Gasteiger partial charge in [0.15, 0.2) is 0 Å². The van der Waals surface area contributed by atoms with Gasteiger partial charge in [-0.15, -0.1) is 0 Å². The Bertz CT molecular complexity index is 708. The second-order valence-electron chi connectivity index (χ2n) is 3.19. The van der Waals surface area contributed by atoms with Gasteiger partial charge in [-0.2, -0.15) is 0 Å². The highest BCUT2D eigenvalue weighted by atomic mass is 79.9. The molecule has 0 N–H and O–H groups in total. The Hall–Kier alpha value is -1.55. The first-order valence-corrected chi connectivity index (χ1v) is 5.14. The summed E-state index contributed by atoms with van der Waals surface area (Å²) in [4.78, 5) is 11.1. The summed E-state index contributed by atoms with van der Waals surface area (Å²) in [7, 11) is 0. The highest BCUT2D eigenvalue weighted by Crippen LogP contribution is 2.32. The van der Waals surface area contributed by atoms with Gasteiger partial charge >= 0.3 is 5.63 Å². The first kappa shape index (κ1) is 8.73. The van der Waals surface area contributed by atoms with Gasteiger partial charge in [-0.05, 0) is 28.1 Å². The topological polar surface area (TPSA) is 43.4 Å². The number of halogens is 1. The van der Waals surface area contributed by atoms with E-state index in [0.717, 1.165) is 15.2 Å². The molecule has 3 nitrogen and oxygen atoms in total. The molecule has 0 spiro atoms. The van der Waals surface area contributed by atoms with Crippen LogP contribution in [0.2, 0.25) is 0 Å². The molecule has 0 atom stereocenters. The number of hydrogen-bond acceptors (Lipinski definition) is 3. The first-order valence-electron chi connectivity index (χ1n) is 4.35. The van der Waals surface area contributed by atoms with Gasteiger partial charge in [-0.25, -0.2) is 4.79 Å². The minimum absolute atomic E-state index is 0.361. The first-order chi connectivity index (χ1) is 7.25. The van der Waals surface area contributed by atoms with Gasteiger partial charge in [0.1, 0.15) is 11.2 Å². The minimum Gasteiger partial charge on any atom is -0.464 e. The lowest BCUT2D eigenvalue weighted by Crippen LogP contribution is -1.94. The van der Waals surface area contributed by atoms with Gasteiger partial charge in [0, 0.05) is 27.4 Å². The van der Waals surface area contributed by atoms with Crippen LogP contribution in [0.25, 0.3) is 21.9 Å². The summed E-state index contributed by atoms with van der Waals surface area (Å²) < 4.78 is 11.2. The molecule has 0 unspecified atom stereocenters. The van der Waals surface area contributed by atoms with Crippen molar-refractivity contribution in [2.24, 2.45) is 0 Å². The van der Waals surface area contributed by atoms with Crippen molar-refractivity contribution >= 4 is 37.9 Å². The van der Waals surface area contributed by atoms with E-state index in [1.165, 1.54) is 6.07 Å². The van der Waals surface area contributed by atoms with Crippen LogP contribution in [0.1, 0.15) is 0 Å². The summed E-state index contributed by atoms with van der Waals surface area (Å²) in [5.41, 5.74) is 0.862. The average Bonchev–Trinajstić information content (AvgIpc) is 2.65. The van der Waals surface area contributed by atoms with E-state index >= 15 is 0 Å². The van der Waals surface area contributed by atoms with Crippen LogP contribution in [0.4, 0.5) is 0 Å². The van der Waals surface area contributed by atoms with E-state index in [4.69, 9.17) is 8.83 Å². The molecule has 0 aliphatic heterocycles. The summed E-state index contributed by atoms with van der Waals surface area (Å²) in [5.74, 6) is 0. The maximum Gasteiger partial charge on any atom is 0.336 e. The molecule has 0 fully saturated rings. The van der Waals surface area contributed by atoms with Crippen molar-refractivity contribution in [3.05, 3.63) is 45.4 Å². The second-order valence-corrected chi connectivity index (χ2v) is 3.98. The molecule has 0 bridgehead atoms. The fourth-order valence-corrected chi connectivity index (χ4v) is 2.25. The lowest BCUT2D eigenvalue weighted by Gasteiger charge is -1.99. The molecular weight excluding hydrogens is 260 g/mol. The van der Waals surface area contributed by atoms with Crippen molar-refractivity contribution in [3.63, 3.8) is 0 Å². The molecule has 4 heteroatoms. The highest BCUT2D eigenvalue weighted by molar-refractivity contribution is 9.10. The Balaban J connectivity index is 2.63. The van der Waals surface area contributed by atoms with Gasteiger partial charge in [0.25, 0.3) is 0 Å². The third-order valence-corrected chi connectivity index (χ3v) is 3.15. The third kappa shape index (κ3) is 1.22. The zero-order chi connectivity index (χ0) is 10.4. The minimum atomic E-state index is -0.361. The Morgan fingerprint density at radius 2 is 1.87 bits per heavy atom. The largest absolute Gasteiger partial charge is 0.464 e. The lowest BCUT2D eigenvalue weighted by atomic mass is 10.2. The molecule has 3 aromatic rings. The lowest BCUT2D eigenvalue weighted by molar-refractivity contribution is 0.559. The summed E-state index contributed by atoms with van der Waals surface area (Å²) >= 11 is 3.46. The molecule has 3 rings (SSSR count). The third-order valence-electron chi connectivity index (χ3n) is 2.29. The molecule has 74 valence electrons. The molecule has 2 aromatic heterocycles. The SMILES string of the molecule is O=c1ccc2c(Br)c3ccoc3cc2o1. The van der Waals surface area contributed by atoms with Crippen LogP contribution in [-0.2, 0) is 0 Å². The van der Waals surface area contributed by atoms with Crippen molar-refractivity contribution < 1.29 is 8.83 Å². The summed E-state index contributed by atoms with van der Waals surface area (Å²) in [6.45, 7) is 0. The van der Waals surface area contributed by atoms with Crippen LogP contribution in [0, 0.1) is 0 Å². The molecule has 0 saturated heterocycles. The van der Waals surface area contributed by atoms with E-state index in [1.807, 2.05) is 6.07 Å². The van der Waals surface area contributed by atoms with Crippen LogP contribution < -0.4 is 5.63 Å². The van der Waals surface area contributed by atoms with Crippen LogP contribution >= 0.6 is 15.9 Å². The fourth-order valence-electron chi connectivity index (χ4n) is 1.60. The van der Waals surface area contributed by atoms with Crippen LogP contribution in [0.3, 0.4) is 0 Å². The normalized spacial score (nSPS) is 11.3. The Morgan fingerprint density at radius 3 is 2.73 bits per heavy atom. The molecule has 0 aliphatic carbocycles. The van der Waals surface area contributed by atoms with E-state index in [0.29, 0.717) is 11.2 Å². The molecule has 0 amide bonds. The second kappa shape index (κ2) is 2.97. The molecule has 2 heterocycles. The van der Waals surface area contributed by atoms with Gasteiger partial charge in [-0.1, -0.05) is 0 Å². The fraction of sp³-hybridized carbons (Fsp3) is 0. The smallest absolute Gasteiger partial charge is 0.336 e. The summed E-state index contributed by atoms with van der Waals surface area (Å²) in [6.07, 6.45) is 1.60. The van der Waals surface area contributed by atoms with Crippen molar-refractivity contribution in [1.82, 2.24) is 0 Å². The molecule has 0 saturated carbocycles. The molecule has 0 radical (unpaired) electrons. The van der Waals surface area contributed by atoms with Gasteiger partial charge in [0.05, 0.1) is 6.26 Å². The van der Waals surface area contributed by atoms with Crippen molar-refractivity contribution in [1.29, 1.82) is 0 Å². The predicted octanol–water partition coefficient (Wildman–Crippen LogP) is 3.30. The molecule has 1 aromatic carbocycles. The standard InChI is InChI=1S/C11H5BrO3/c12-11-6-1-2-10(13)15-9(6)5-8-7(11)3-4-14-8/h1-5H. The van der Waals surface area contributed by atoms with Crippen molar-refractivity contribution in [3.8, 4) is 0 Å². The average molecular weight is 265 g/mol. The predicted molar refractivity (Wildman–Crippen MR) is 60.0 cm³/mol.